The topological polar surface area (TPSA) is 42.0 Å². The molecule has 0 aliphatic rings. The average molecular weight is 338 g/mol. The van der Waals surface area contributed by atoms with Gasteiger partial charge in [0.15, 0.2) is 0 Å². The standard InChI is InChI=1S/C20H22N2OS/c1-2-3-4-9-19(23)21-14-15-10-12-16(13-11-15)20-22-17-7-5-6-8-18(17)24-20/h5-8,10-13H,2-4,9,14H2,1H3,(H,21,23). The molecular formula is C20H22N2OS. The quantitative estimate of drug-likeness (QED) is 0.605. The van der Waals surface area contributed by atoms with Crippen molar-refractivity contribution in [2.75, 3.05) is 0 Å². The Balaban J connectivity index is 1.60. The lowest BCUT2D eigenvalue weighted by Crippen LogP contribution is -2.22. The number of para-hydroxylation sites is 1. The predicted octanol–water partition coefficient (Wildman–Crippen LogP) is 5.16. The molecule has 3 nitrogen and oxygen atoms in total. The van der Waals surface area contributed by atoms with Gasteiger partial charge in [-0.25, -0.2) is 4.98 Å². The zero-order chi connectivity index (χ0) is 16.8. The Kier molecular flexibility index (Phi) is 5.59. The van der Waals surface area contributed by atoms with Crippen LogP contribution in [0, 0.1) is 0 Å². The second kappa shape index (κ2) is 8.06. The molecule has 24 heavy (non-hydrogen) atoms. The van der Waals surface area contributed by atoms with Crippen LogP contribution in [-0.2, 0) is 11.3 Å². The Hall–Kier alpha value is -2.20. The minimum Gasteiger partial charge on any atom is -0.352 e. The summed E-state index contributed by atoms with van der Waals surface area (Å²) in [7, 11) is 0. The van der Waals surface area contributed by atoms with E-state index < -0.39 is 0 Å². The molecular weight excluding hydrogens is 316 g/mol. The monoisotopic (exact) mass is 338 g/mol. The molecule has 1 N–H and O–H groups in total. The largest absolute Gasteiger partial charge is 0.352 e. The van der Waals surface area contributed by atoms with Crippen molar-refractivity contribution in [2.45, 2.75) is 39.2 Å². The number of hydrogen-bond acceptors (Lipinski definition) is 3. The molecule has 1 aromatic heterocycles. The van der Waals surface area contributed by atoms with Gasteiger partial charge in [0.05, 0.1) is 10.2 Å². The summed E-state index contributed by atoms with van der Waals surface area (Å²) in [6, 6.07) is 16.5. The molecule has 0 fully saturated rings. The van der Waals surface area contributed by atoms with Gasteiger partial charge in [0.25, 0.3) is 0 Å². The molecule has 1 heterocycles. The van der Waals surface area contributed by atoms with Crippen molar-refractivity contribution >= 4 is 27.5 Å². The van der Waals surface area contributed by atoms with Crippen molar-refractivity contribution in [3.8, 4) is 10.6 Å². The zero-order valence-corrected chi connectivity index (χ0v) is 14.7. The van der Waals surface area contributed by atoms with Crippen LogP contribution in [0.3, 0.4) is 0 Å². The lowest BCUT2D eigenvalue weighted by molar-refractivity contribution is -0.121. The number of fused-ring (bicyclic) bond motifs is 1. The van der Waals surface area contributed by atoms with Crippen molar-refractivity contribution < 1.29 is 4.79 Å². The second-order valence-electron chi connectivity index (χ2n) is 5.92. The van der Waals surface area contributed by atoms with Gasteiger partial charge < -0.3 is 5.32 Å². The maximum atomic E-state index is 11.8. The van der Waals surface area contributed by atoms with E-state index in [4.69, 9.17) is 0 Å². The first kappa shape index (κ1) is 16.7. The molecule has 124 valence electrons. The molecule has 0 aliphatic heterocycles. The Bertz CT molecular complexity index is 775. The van der Waals surface area contributed by atoms with E-state index in [1.807, 2.05) is 18.2 Å². The summed E-state index contributed by atoms with van der Waals surface area (Å²) in [6.45, 7) is 2.73. The van der Waals surface area contributed by atoms with E-state index in [0.29, 0.717) is 13.0 Å². The van der Waals surface area contributed by atoms with Crippen molar-refractivity contribution in [3.63, 3.8) is 0 Å². The van der Waals surface area contributed by atoms with Crippen LogP contribution in [0.5, 0.6) is 0 Å². The van der Waals surface area contributed by atoms with Crippen LogP contribution in [0.4, 0.5) is 0 Å². The summed E-state index contributed by atoms with van der Waals surface area (Å²) >= 11 is 1.70. The average Bonchev–Trinajstić information content (AvgIpc) is 3.05. The van der Waals surface area contributed by atoms with Crippen molar-refractivity contribution in [2.24, 2.45) is 0 Å². The number of nitrogens with zero attached hydrogens (tertiary/aromatic N) is 1. The van der Waals surface area contributed by atoms with E-state index in [2.05, 4.69) is 47.6 Å². The highest BCUT2D eigenvalue weighted by Crippen LogP contribution is 2.29. The van der Waals surface area contributed by atoms with Gasteiger partial charge in [0, 0.05) is 18.5 Å². The van der Waals surface area contributed by atoms with Crippen LogP contribution in [0.1, 0.15) is 38.2 Å². The normalized spacial score (nSPS) is 10.9. The van der Waals surface area contributed by atoms with Crippen molar-refractivity contribution in [3.05, 3.63) is 54.1 Å². The van der Waals surface area contributed by atoms with Crippen LogP contribution in [0.2, 0.25) is 0 Å². The molecule has 0 saturated heterocycles. The molecule has 4 heteroatoms. The number of unbranched alkanes of at least 4 members (excludes halogenated alkanes) is 2. The Labute approximate surface area is 146 Å². The molecule has 0 unspecified atom stereocenters. The van der Waals surface area contributed by atoms with Gasteiger partial charge in [-0.1, -0.05) is 56.2 Å². The number of rotatable bonds is 7. The number of carbonyl (C=O) groups is 1. The van der Waals surface area contributed by atoms with Gasteiger partial charge in [-0.3, -0.25) is 4.79 Å². The number of aromatic nitrogens is 1. The summed E-state index contributed by atoms with van der Waals surface area (Å²) in [5.41, 5.74) is 3.28. The molecule has 0 spiro atoms. The van der Waals surface area contributed by atoms with E-state index in [9.17, 15) is 4.79 Å². The Morgan fingerprint density at radius 2 is 1.88 bits per heavy atom. The van der Waals surface area contributed by atoms with Crippen LogP contribution in [0.15, 0.2) is 48.5 Å². The highest BCUT2D eigenvalue weighted by atomic mass is 32.1. The fourth-order valence-corrected chi connectivity index (χ4v) is 3.56. The smallest absolute Gasteiger partial charge is 0.220 e. The Morgan fingerprint density at radius 3 is 2.62 bits per heavy atom. The van der Waals surface area contributed by atoms with Gasteiger partial charge >= 0.3 is 0 Å². The number of amides is 1. The summed E-state index contributed by atoms with van der Waals surface area (Å²) in [6.07, 6.45) is 3.85. The minimum absolute atomic E-state index is 0.138. The highest BCUT2D eigenvalue weighted by Gasteiger charge is 2.06. The number of nitrogens with one attached hydrogen (secondary N) is 1. The maximum Gasteiger partial charge on any atom is 0.220 e. The number of carbonyl (C=O) groups excluding carboxylic acids is 1. The molecule has 2 aromatic carbocycles. The van der Waals surface area contributed by atoms with Crippen LogP contribution in [-0.4, -0.2) is 10.9 Å². The third-order valence-electron chi connectivity index (χ3n) is 3.99. The predicted molar refractivity (Wildman–Crippen MR) is 101 cm³/mol. The lowest BCUT2D eigenvalue weighted by Gasteiger charge is -2.06. The third-order valence-corrected chi connectivity index (χ3v) is 5.08. The summed E-state index contributed by atoms with van der Waals surface area (Å²) in [4.78, 5) is 16.4. The Morgan fingerprint density at radius 1 is 1.08 bits per heavy atom. The molecule has 0 saturated carbocycles. The van der Waals surface area contributed by atoms with Gasteiger partial charge in [-0.15, -0.1) is 11.3 Å². The SMILES string of the molecule is CCCCCC(=O)NCc1ccc(-c2nc3ccccc3s2)cc1. The van der Waals surface area contributed by atoms with Gasteiger partial charge in [-0.05, 0) is 24.1 Å². The maximum absolute atomic E-state index is 11.8. The molecule has 0 aliphatic carbocycles. The van der Waals surface area contributed by atoms with Crippen molar-refractivity contribution in [1.82, 2.24) is 10.3 Å². The fraction of sp³-hybridized carbons (Fsp3) is 0.300. The zero-order valence-electron chi connectivity index (χ0n) is 13.9. The van der Waals surface area contributed by atoms with Crippen molar-refractivity contribution in [1.29, 1.82) is 0 Å². The van der Waals surface area contributed by atoms with Gasteiger partial charge in [0.1, 0.15) is 5.01 Å². The van der Waals surface area contributed by atoms with Gasteiger partial charge in [-0.2, -0.15) is 0 Å². The number of hydrogen-bond donors (Lipinski definition) is 1. The fourth-order valence-electron chi connectivity index (χ4n) is 2.59. The number of benzene rings is 2. The van der Waals surface area contributed by atoms with Crippen LogP contribution >= 0.6 is 11.3 Å². The van der Waals surface area contributed by atoms with Crippen LogP contribution < -0.4 is 5.32 Å². The van der Waals surface area contributed by atoms with E-state index in [0.717, 1.165) is 40.9 Å². The molecule has 1 amide bonds. The first-order valence-electron chi connectivity index (χ1n) is 8.48. The van der Waals surface area contributed by atoms with E-state index in [1.54, 1.807) is 11.3 Å². The molecule has 0 bridgehead atoms. The molecule has 0 radical (unpaired) electrons. The molecule has 3 rings (SSSR count). The highest BCUT2D eigenvalue weighted by molar-refractivity contribution is 7.21. The van der Waals surface area contributed by atoms with E-state index >= 15 is 0 Å². The summed E-state index contributed by atoms with van der Waals surface area (Å²) in [5, 5.41) is 4.02. The molecule has 0 atom stereocenters. The van der Waals surface area contributed by atoms with Crippen LogP contribution in [0.25, 0.3) is 20.8 Å². The summed E-state index contributed by atoms with van der Waals surface area (Å²) in [5.74, 6) is 0.138. The first-order chi connectivity index (χ1) is 11.8. The second-order valence-corrected chi connectivity index (χ2v) is 6.95. The lowest BCUT2D eigenvalue weighted by atomic mass is 10.1. The first-order valence-corrected chi connectivity index (χ1v) is 9.29. The third kappa shape index (κ3) is 4.20. The molecule has 3 aromatic rings. The summed E-state index contributed by atoms with van der Waals surface area (Å²) < 4.78 is 1.20. The number of thiazole rings is 1. The van der Waals surface area contributed by atoms with E-state index in [1.165, 1.54) is 4.70 Å². The van der Waals surface area contributed by atoms with E-state index in [-0.39, 0.29) is 5.91 Å². The minimum atomic E-state index is 0.138. The van der Waals surface area contributed by atoms with Gasteiger partial charge in [0.2, 0.25) is 5.91 Å².